The maximum atomic E-state index is 13.5. The van der Waals surface area contributed by atoms with Crippen molar-refractivity contribution in [1.82, 2.24) is 15.6 Å². The molecule has 4 heterocycles. The zero-order chi connectivity index (χ0) is 55.7. The minimum Gasteiger partial charge on any atom is -0.478 e. The van der Waals surface area contributed by atoms with Crippen molar-refractivity contribution in [3.63, 3.8) is 0 Å². The molecule has 24 nitrogen and oxygen atoms in total. The molecule has 2 amide bonds. The molecule has 0 fully saturated rings. The van der Waals surface area contributed by atoms with Crippen LogP contribution in [0.25, 0.3) is 21.2 Å². The molecule has 2 aliphatic rings. The van der Waals surface area contributed by atoms with Crippen LogP contribution in [0.5, 0.6) is 0 Å². The molecule has 0 bridgehead atoms. The lowest BCUT2D eigenvalue weighted by atomic mass is 9.74. The van der Waals surface area contributed by atoms with Gasteiger partial charge in [0.05, 0.1) is 45.1 Å². The van der Waals surface area contributed by atoms with Crippen LogP contribution in [0, 0.1) is 0 Å². The second-order valence-corrected chi connectivity index (χ2v) is 27.2. The minimum absolute atomic E-state index is 0.00420. The number of carbonyl (C=O) groups excluding carboxylic acids is 2. The smallest absolute Gasteiger partial charge is 0.335 e. The summed E-state index contributed by atoms with van der Waals surface area (Å²) in [5, 5.41) is 16.7. The summed E-state index contributed by atoms with van der Waals surface area (Å²) in [5.74, 6) is -6.85. The average Bonchev–Trinajstić information content (AvgIpc) is 3.91. The molecular formula is C45H54N5O19S6+. The van der Waals surface area contributed by atoms with Gasteiger partial charge in [-0.25, -0.2) is 9.78 Å². The van der Waals surface area contributed by atoms with Gasteiger partial charge in [-0.05, 0) is 91.2 Å². The van der Waals surface area contributed by atoms with Crippen LogP contribution < -0.4 is 15.5 Å². The number of hydrogen-bond donors (Lipinski definition) is 8. The Bertz CT molecular complexity index is 3580. The van der Waals surface area contributed by atoms with E-state index in [1.54, 1.807) is 58.2 Å². The number of pyridine rings is 1. The van der Waals surface area contributed by atoms with E-state index in [1.807, 2.05) is 13.8 Å². The Morgan fingerprint density at radius 3 is 1.80 bits per heavy atom. The number of nitrogens with zero attached hydrogens (tertiary/aromatic N) is 3. The van der Waals surface area contributed by atoms with Gasteiger partial charge in [0.2, 0.25) is 5.69 Å². The lowest BCUT2D eigenvalue weighted by Gasteiger charge is -2.27. The van der Waals surface area contributed by atoms with Crippen molar-refractivity contribution in [3.05, 3.63) is 99.8 Å². The number of amides is 2. The second kappa shape index (κ2) is 22.2. The molecule has 4 aromatic rings. The molecule has 2 aliphatic heterocycles. The zero-order valence-corrected chi connectivity index (χ0v) is 45.2. The first kappa shape index (κ1) is 58.7. The minimum atomic E-state index is -4.53. The normalized spacial score (nSPS) is 17.5. The second-order valence-electron chi connectivity index (χ2n) is 18.5. The van der Waals surface area contributed by atoms with Crippen LogP contribution in [0.3, 0.4) is 0 Å². The molecule has 0 saturated carbocycles. The number of benzene rings is 2. The van der Waals surface area contributed by atoms with Gasteiger partial charge < -0.3 is 20.6 Å². The molecule has 8 N–H and O–H groups in total. The van der Waals surface area contributed by atoms with Crippen LogP contribution in [0.4, 0.5) is 11.4 Å². The summed E-state index contributed by atoms with van der Waals surface area (Å²) in [5.41, 5.74) is 0.690. The molecule has 2 aromatic carbocycles. The van der Waals surface area contributed by atoms with E-state index < -0.39 is 132 Å². The van der Waals surface area contributed by atoms with Crippen LogP contribution in [0.1, 0.15) is 88.9 Å². The van der Waals surface area contributed by atoms with Crippen molar-refractivity contribution >= 4 is 107 Å². The molecule has 1 atom stereocenters. The summed E-state index contributed by atoms with van der Waals surface area (Å²) >= 11 is 1.21. The van der Waals surface area contributed by atoms with Crippen molar-refractivity contribution in [3.8, 4) is 11.1 Å². The van der Waals surface area contributed by atoms with Gasteiger partial charge in [-0.1, -0.05) is 19.9 Å². The summed E-state index contributed by atoms with van der Waals surface area (Å²) < 4.78 is 168. The molecule has 0 saturated heterocycles. The van der Waals surface area contributed by atoms with Crippen molar-refractivity contribution < 1.29 is 88.9 Å². The number of rotatable bonds is 24. The van der Waals surface area contributed by atoms with Crippen LogP contribution in [-0.4, -0.2) is 158 Å². The Hall–Kier alpha value is -5.54. The van der Waals surface area contributed by atoms with Crippen molar-refractivity contribution in [2.75, 3.05) is 59.8 Å². The first-order valence-corrected chi connectivity index (χ1v) is 31.6. The van der Waals surface area contributed by atoms with E-state index in [2.05, 4.69) is 15.6 Å². The highest BCUT2D eigenvalue weighted by molar-refractivity contribution is 7.86. The highest BCUT2D eigenvalue weighted by Gasteiger charge is 2.49. The van der Waals surface area contributed by atoms with Gasteiger partial charge >= 0.3 is 5.97 Å². The fourth-order valence-electron chi connectivity index (χ4n) is 9.26. The zero-order valence-electron chi connectivity index (χ0n) is 40.3. The molecule has 75 heavy (non-hydrogen) atoms. The van der Waals surface area contributed by atoms with Crippen molar-refractivity contribution in [2.45, 2.75) is 57.3 Å². The van der Waals surface area contributed by atoms with Crippen molar-refractivity contribution in [2.24, 2.45) is 0 Å². The van der Waals surface area contributed by atoms with Gasteiger partial charge in [0.1, 0.15) is 17.9 Å². The summed E-state index contributed by atoms with van der Waals surface area (Å²) in [4.78, 5) is 45.1. The first-order chi connectivity index (χ1) is 34.6. The lowest BCUT2D eigenvalue weighted by molar-refractivity contribution is -0.435. The molecule has 0 radical (unpaired) electrons. The third-order valence-electron chi connectivity index (χ3n) is 12.6. The number of thiophene rings is 1. The number of allylic oxidation sites excluding steroid dienone is 4. The Labute approximate surface area is 437 Å². The van der Waals surface area contributed by atoms with Gasteiger partial charge in [0.25, 0.3) is 62.4 Å². The topological polar surface area (TPSA) is 386 Å². The summed E-state index contributed by atoms with van der Waals surface area (Å²) in [6.45, 7) is 4.28. The number of nitrogens with one attached hydrogen (secondary N) is 2. The number of hydrogen-bond acceptors (Lipinski definition) is 16. The molecule has 2 aromatic heterocycles. The third-order valence-corrected chi connectivity index (χ3v) is 17.4. The predicted molar refractivity (Wildman–Crippen MR) is 278 cm³/mol. The number of fused-ring (bicyclic) bond motifs is 4. The van der Waals surface area contributed by atoms with Crippen molar-refractivity contribution in [1.29, 1.82) is 0 Å². The van der Waals surface area contributed by atoms with Gasteiger partial charge in [0.15, 0.2) is 5.71 Å². The highest BCUT2D eigenvalue weighted by atomic mass is 32.2. The van der Waals surface area contributed by atoms with E-state index in [1.165, 1.54) is 35.6 Å². The lowest BCUT2D eigenvalue weighted by Crippen LogP contribution is -2.32. The summed E-state index contributed by atoms with van der Waals surface area (Å²) in [6.07, 6.45) is 4.74. The molecule has 30 heteroatoms. The van der Waals surface area contributed by atoms with Crippen LogP contribution in [0.15, 0.2) is 71.8 Å². The third kappa shape index (κ3) is 14.7. The maximum absolute atomic E-state index is 13.5. The van der Waals surface area contributed by atoms with E-state index >= 15 is 0 Å². The Kier molecular flexibility index (Phi) is 17.4. The van der Waals surface area contributed by atoms with Gasteiger partial charge in [-0.15, -0.1) is 11.3 Å². The SMILES string of the molecule is CC1(C)/C(=C\C=C\C2=[N+](CCCS(=O)(=O)O)c3c(cc(-c4cc(C(=O)NCCS(=O)(=O)O)nc(C(=O)NCCS(=O)(=O)O)c4)c4sccc34)[C@]2(C)CCCS(=O)(=O)O)N(CCCS(=O)(=O)O)c2ccc(C(=O)O)cc21. The molecule has 0 unspecified atom stereocenters. The number of carboxylic acid groups (broad SMARTS) is 1. The summed E-state index contributed by atoms with van der Waals surface area (Å²) in [7, 11) is -22.5. The maximum Gasteiger partial charge on any atom is 0.335 e. The van der Waals surface area contributed by atoms with Crippen LogP contribution >= 0.6 is 11.3 Å². The Balaban J connectivity index is 1.58. The standard InChI is InChI=1S/C45H53N5O19S6/c1-44(2)32-24-28(43(53)54)10-11-36(32)49(16-6-20-72(58,59)60)37(44)8-4-9-38-45(3,13-5-19-71(55,56)57)33-27-31(40-30(12-18-70-40)39(33)50(38)17-7-21-73(61,62)63)29-25-34(41(51)46-14-22-74(64,65)66)48-35(26-29)42(52)47-15-23-75(67,68)69/h4,8-12,18,24-27H,5-7,13-17,19-23H2,1-3H3,(H7-,46,47,51,52,53,54,55,56,57,58,59,60,61,62,63,64,65,66,67,68,69)/p+1/t45-/m0/s1. The molecule has 6 rings (SSSR count). The van der Waals surface area contributed by atoms with Gasteiger partial charge in [0, 0.05) is 64.8 Å². The van der Waals surface area contributed by atoms with E-state index in [-0.39, 0.29) is 49.9 Å². The average molecular weight is 1160 g/mol. The first-order valence-electron chi connectivity index (χ1n) is 22.7. The quantitative estimate of drug-likeness (QED) is 0.0366. The predicted octanol–water partition coefficient (Wildman–Crippen LogP) is 3.71. The molecule has 0 spiro atoms. The van der Waals surface area contributed by atoms with E-state index in [0.717, 1.165) is 0 Å². The van der Waals surface area contributed by atoms with E-state index in [0.29, 0.717) is 49.6 Å². The molecule has 408 valence electrons. The Morgan fingerprint density at radius 2 is 1.25 bits per heavy atom. The number of carboxylic acids is 1. The number of carbonyl (C=O) groups is 3. The fraction of sp³-hybridized carbons (Fsp3) is 0.400. The van der Waals surface area contributed by atoms with Gasteiger partial charge in [-0.2, -0.15) is 46.7 Å². The molecular weight excluding hydrogens is 1110 g/mol. The largest absolute Gasteiger partial charge is 0.478 e. The van der Waals surface area contributed by atoms with Crippen LogP contribution in [-0.2, 0) is 61.4 Å². The summed E-state index contributed by atoms with van der Waals surface area (Å²) in [6, 6.07) is 10.5. The molecule has 0 aliphatic carbocycles. The fourth-order valence-corrected chi connectivity index (χ4v) is 12.4. The Morgan fingerprint density at radius 1 is 0.707 bits per heavy atom. The van der Waals surface area contributed by atoms with Crippen LogP contribution in [0.2, 0.25) is 0 Å². The monoisotopic (exact) mass is 1160 g/mol. The van der Waals surface area contributed by atoms with E-state index in [4.69, 9.17) is 0 Å². The number of aromatic nitrogens is 1. The van der Waals surface area contributed by atoms with Gasteiger partial charge in [-0.3, -0.25) is 32.4 Å². The van der Waals surface area contributed by atoms with E-state index in [9.17, 15) is 84.3 Å². The number of anilines is 1. The highest BCUT2D eigenvalue weighted by Crippen LogP contribution is 2.52. The number of aromatic carboxylic acids is 1.